The molecule has 2 aromatic rings. The van der Waals surface area contributed by atoms with Crippen molar-refractivity contribution in [3.05, 3.63) is 46.6 Å². The zero-order valence-electron chi connectivity index (χ0n) is 17.8. The van der Waals surface area contributed by atoms with E-state index in [1.807, 2.05) is 32.6 Å². The van der Waals surface area contributed by atoms with Crippen molar-refractivity contribution in [1.82, 2.24) is 4.98 Å². The van der Waals surface area contributed by atoms with Crippen LogP contribution in [0.25, 0.3) is 0 Å². The zero-order chi connectivity index (χ0) is 22.6. The van der Waals surface area contributed by atoms with Gasteiger partial charge in [-0.2, -0.15) is 0 Å². The lowest BCUT2D eigenvalue weighted by Gasteiger charge is -2.28. The highest BCUT2D eigenvalue weighted by atomic mass is 35.5. The molecule has 2 N–H and O–H groups in total. The standard InChI is InChI=1S/C21H28ClN3O4S/c1-13(2)11-25(12-14(3)4)20-17(21(26)27)9-16(10-23-20)24-30(28,29)19-8-6-7-18(22)15(19)5/h6-10,13-14,24H,11-12H2,1-5H3,(H,26,27). The number of halogens is 1. The molecule has 0 amide bonds. The molecule has 0 saturated carbocycles. The lowest BCUT2D eigenvalue weighted by atomic mass is 10.1. The fourth-order valence-corrected chi connectivity index (χ4v) is 4.67. The number of carbonyl (C=O) groups is 1. The molecule has 1 aromatic heterocycles. The molecular weight excluding hydrogens is 426 g/mol. The number of hydrogen-bond donors (Lipinski definition) is 2. The minimum Gasteiger partial charge on any atom is -0.478 e. The maximum Gasteiger partial charge on any atom is 0.339 e. The number of carboxylic acid groups (broad SMARTS) is 1. The molecule has 0 fully saturated rings. The topological polar surface area (TPSA) is 99.6 Å². The Hall–Kier alpha value is -2.32. The predicted octanol–water partition coefficient (Wildman–Crippen LogP) is 4.66. The maximum absolute atomic E-state index is 12.8. The second-order valence-corrected chi connectivity index (χ2v) is 10.1. The molecule has 0 aliphatic carbocycles. The maximum atomic E-state index is 12.8. The Morgan fingerprint density at radius 1 is 1.20 bits per heavy atom. The van der Waals surface area contributed by atoms with Crippen molar-refractivity contribution in [2.45, 2.75) is 39.5 Å². The number of benzene rings is 1. The van der Waals surface area contributed by atoms with Gasteiger partial charge in [0.1, 0.15) is 11.4 Å². The summed E-state index contributed by atoms with van der Waals surface area (Å²) in [6, 6.07) is 5.89. The van der Waals surface area contributed by atoms with E-state index in [0.717, 1.165) is 0 Å². The minimum absolute atomic E-state index is 0.0252. The molecule has 30 heavy (non-hydrogen) atoms. The van der Waals surface area contributed by atoms with Crippen LogP contribution in [0.5, 0.6) is 0 Å². The lowest BCUT2D eigenvalue weighted by molar-refractivity contribution is 0.0697. The third-order valence-corrected chi connectivity index (χ3v) is 6.26. The fourth-order valence-electron chi connectivity index (χ4n) is 3.14. The van der Waals surface area contributed by atoms with Crippen LogP contribution < -0.4 is 9.62 Å². The van der Waals surface area contributed by atoms with Gasteiger partial charge < -0.3 is 10.0 Å². The number of nitrogens with one attached hydrogen (secondary N) is 1. The monoisotopic (exact) mass is 453 g/mol. The van der Waals surface area contributed by atoms with Crippen LogP contribution in [0.2, 0.25) is 5.02 Å². The van der Waals surface area contributed by atoms with Gasteiger partial charge in [0.2, 0.25) is 0 Å². The number of aromatic carboxylic acids is 1. The molecule has 9 heteroatoms. The van der Waals surface area contributed by atoms with Gasteiger partial charge in [0, 0.05) is 18.1 Å². The second-order valence-electron chi connectivity index (χ2n) is 8.06. The summed E-state index contributed by atoms with van der Waals surface area (Å²) in [6.07, 6.45) is 1.34. The number of anilines is 2. The van der Waals surface area contributed by atoms with E-state index in [2.05, 4.69) is 9.71 Å². The largest absolute Gasteiger partial charge is 0.478 e. The van der Waals surface area contributed by atoms with Gasteiger partial charge in [0.15, 0.2) is 0 Å². The van der Waals surface area contributed by atoms with Crippen LogP contribution in [0, 0.1) is 18.8 Å². The molecule has 0 radical (unpaired) electrons. The average molecular weight is 454 g/mol. The van der Waals surface area contributed by atoms with Crippen molar-refractivity contribution in [2.24, 2.45) is 11.8 Å². The average Bonchev–Trinajstić information content (AvgIpc) is 2.62. The lowest BCUT2D eigenvalue weighted by Crippen LogP contribution is -2.33. The number of hydrogen-bond acceptors (Lipinski definition) is 5. The molecule has 164 valence electrons. The Balaban J connectivity index is 2.45. The Bertz CT molecular complexity index is 1010. The van der Waals surface area contributed by atoms with Gasteiger partial charge in [-0.25, -0.2) is 18.2 Å². The van der Waals surface area contributed by atoms with Gasteiger partial charge in [0.05, 0.1) is 16.8 Å². The third-order valence-electron chi connectivity index (χ3n) is 4.33. The van der Waals surface area contributed by atoms with Crippen LogP contribution in [0.4, 0.5) is 11.5 Å². The summed E-state index contributed by atoms with van der Waals surface area (Å²) in [4.78, 5) is 18.2. The summed E-state index contributed by atoms with van der Waals surface area (Å²) < 4.78 is 28.0. The quantitative estimate of drug-likeness (QED) is 0.572. The Morgan fingerprint density at radius 2 is 1.80 bits per heavy atom. The molecule has 7 nitrogen and oxygen atoms in total. The predicted molar refractivity (Wildman–Crippen MR) is 120 cm³/mol. The summed E-state index contributed by atoms with van der Waals surface area (Å²) in [7, 11) is -3.96. The van der Waals surface area contributed by atoms with E-state index >= 15 is 0 Å². The number of carboxylic acids is 1. The van der Waals surface area contributed by atoms with E-state index in [0.29, 0.717) is 41.3 Å². The van der Waals surface area contributed by atoms with E-state index in [4.69, 9.17) is 11.6 Å². The van der Waals surface area contributed by atoms with Gasteiger partial charge in [-0.05, 0) is 42.5 Å². The second kappa shape index (κ2) is 9.66. The van der Waals surface area contributed by atoms with Crippen LogP contribution in [0.3, 0.4) is 0 Å². The highest BCUT2D eigenvalue weighted by molar-refractivity contribution is 7.92. The molecule has 0 aliphatic rings. The number of pyridine rings is 1. The SMILES string of the molecule is Cc1c(Cl)cccc1S(=O)(=O)Nc1cnc(N(CC(C)C)CC(C)C)c(C(=O)O)c1. The first-order valence-corrected chi connectivity index (χ1v) is 11.5. The smallest absolute Gasteiger partial charge is 0.339 e. The first kappa shape index (κ1) is 24.0. The van der Waals surface area contributed by atoms with E-state index in [-0.39, 0.29) is 16.1 Å². The molecule has 2 rings (SSSR count). The van der Waals surface area contributed by atoms with Gasteiger partial charge >= 0.3 is 5.97 Å². The summed E-state index contributed by atoms with van der Waals surface area (Å²) in [5, 5.41) is 10.1. The van der Waals surface area contributed by atoms with Crippen LogP contribution >= 0.6 is 11.6 Å². The van der Waals surface area contributed by atoms with Crippen molar-refractivity contribution in [2.75, 3.05) is 22.7 Å². The Kier molecular flexibility index (Phi) is 7.71. The van der Waals surface area contributed by atoms with Crippen molar-refractivity contribution in [1.29, 1.82) is 0 Å². The molecular formula is C21H28ClN3O4S. The van der Waals surface area contributed by atoms with E-state index in [9.17, 15) is 18.3 Å². The first-order valence-electron chi connectivity index (χ1n) is 9.68. The van der Waals surface area contributed by atoms with Gasteiger partial charge in [-0.3, -0.25) is 4.72 Å². The number of rotatable bonds is 9. The fraction of sp³-hybridized carbons (Fsp3) is 0.429. The highest BCUT2D eigenvalue weighted by Gasteiger charge is 2.23. The van der Waals surface area contributed by atoms with Crippen LogP contribution in [-0.2, 0) is 10.0 Å². The first-order chi connectivity index (χ1) is 13.9. The van der Waals surface area contributed by atoms with Crippen molar-refractivity contribution < 1.29 is 18.3 Å². The van der Waals surface area contributed by atoms with Crippen molar-refractivity contribution in [3.8, 4) is 0 Å². The normalized spacial score (nSPS) is 11.7. The number of nitrogens with zero attached hydrogens (tertiary/aromatic N) is 2. The zero-order valence-corrected chi connectivity index (χ0v) is 19.4. The molecule has 0 atom stereocenters. The Labute approximate surface area is 183 Å². The summed E-state index contributed by atoms with van der Waals surface area (Å²) >= 11 is 6.04. The van der Waals surface area contributed by atoms with E-state index in [1.54, 1.807) is 19.1 Å². The number of aromatic nitrogens is 1. The van der Waals surface area contributed by atoms with Gasteiger partial charge in [-0.15, -0.1) is 0 Å². The van der Waals surface area contributed by atoms with Gasteiger partial charge in [-0.1, -0.05) is 45.4 Å². The molecule has 0 unspecified atom stereocenters. The number of sulfonamides is 1. The molecule has 0 spiro atoms. The minimum atomic E-state index is -3.96. The van der Waals surface area contributed by atoms with Crippen molar-refractivity contribution in [3.63, 3.8) is 0 Å². The summed E-state index contributed by atoms with van der Waals surface area (Å²) in [5.74, 6) is -0.242. The Morgan fingerprint density at radius 3 is 2.33 bits per heavy atom. The molecule has 0 bridgehead atoms. The molecule has 0 aliphatic heterocycles. The van der Waals surface area contributed by atoms with E-state index < -0.39 is 16.0 Å². The highest BCUT2D eigenvalue weighted by Crippen LogP contribution is 2.27. The summed E-state index contributed by atoms with van der Waals surface area (Å²) in [6.45, 7) is 11.1. The molecule has 0 saturated heterocycles. The summed E-state index contributed by atoms with van der Waals surface area (Å²) in [5.41, 5.74) is 0.429. The van der Waals surface area contributed by atoms with Crippen LogP contribution in [0.1, 0.15) is 43.6 Å². The van der Waals surface area contributed by atoms with E-state index in [1.165, 1.54) is 18.3 Å². The van der Waals surface area contributed by atoms with Crippen molar-refractivity contribution >= 4 is 39.1 Å². The molecule has 1 heterocycles. The third kappa shape index (κ3) is 5.86. The van der Waals surface area contributed by atoms with Crippen LogP contribution in [-0.4, -0.2) is 37.6 Å². The van der Waals surface area contributed by atoms with Crippen LogP contribution in [0.15, 0.2) is 35.4 Å². The molecule has 1 aromatic carbocycles. The van der Waals surface area contributed by atoms with Gasteiger partial charge in [0.25, 0.3) is 10.0 Å².